The number of aryl methyl sites for hydroxylation is 2. The molecule has 60 valence electrons. The van der Waals surface area contributed by atoms with Gasteiger partial charge in [0, 0.05) is 5.56 Å². The fourth-order valence-electron chi connectivity index (χ4n) is 0.962. The number of halogens is 1. The van der Waals surface area contributed by atoms with Crippen LogP contribution in [-0.4, -0.2) is 5.11 Å². The van der Waals surface area contributed by atoms with Crippen LogP contribution in [-0.2, 0) is 6.61 Å². The van der Waals surface area contributed by atoms with E-state index in [1.54, 1.807) is 6.07 Å². The Kier molecular flexibility index (Phi) is 2.25. The summed E-state index contributed by atoms with van der Waals surface area (Å²) in [6.45, 7) is 3.51. The zero-order valence-electron chi connectivity index (χ0n) is 6.69. The summed E-state index contributed by atoms with van der Waals surface area (Å²) in [5.41, 5.74) is 2.29. The van der Waals surface area contributed by atoms with Gasteiger partial charge >= 0.3 is 0 Å². The molecule has 2 heteroatoms. The highest BCUT2D eigenvalue weighted by Gasteiger charge is 2.02. The quantitative estimate of drug-likeness (QED) is 0.655. The van der Waals surface area contributed by atoms with Gasteiger partial charge in [-0.2, -0.15) is 0 Å². The van der Waals surface area contributed by atoms with E-state index in [9.17, 15) is 4.39 Å². The fraction of sp³-hybridized carbons (Fsp3) is 0.333. The van der Waals surface area contributed by atoms with Crippen LogP contribution < -0.4 is 0 Å². The molecule has 0 aromatic heterocycles. The molecule has 0 spiro atoms. The highest BCUT2D eigenvalue weighted by atomic mass is 19.1. The standard InChI is InChI=1S/C9H11FO/c1-6-3-8(5-11)9(10)4-7(6)2/h3-4,11H,5H2,1-2H3. The summed E-state index contributed by atoms with van der Waals surface area (Å²) in [5.74, 6) is -0.324. The van der Waals surface area contributed by atoms with Crippen LogP contribution in [0.25, 0.3) is 0 Å². The van der Waals surface area contributed by atoms with Crippen LogP contribution in [0.5, 0.6) is 0 Å². The van der Waals surface area contributed by atoms with E-state index in [0.29, 0.717) is 5.56 Å². The Labute approximate surface area is 65.5 Å². The van der Waals surface area contributed by atoms with Gasteiger partial charge in [0.15, 0.2) is 0 Å². The molecule has 0 aliphatic carbocycles. The lowest BCUT2D eigenvalue weighted by atomic mass is 10.1. The lowest BCUT2D eigenvalue weighted by molar-refractivity contribution is 0.275. The highest BCUT2D eigenvalue weighted by Crippen LogP contribution is 2.14. The Hall–Kier alpha value is -0.890. The monoisotopic (exact) mass is 154 g/mol. The van der Waals surface area contributed by atoms with E-state index in [1.165, 1.54) is 6.07 Å². The number of aliphatic hydroxyl groups excluding tert-OH is 1. The second kappa shape index (κ2) is 3.01. The van der Waals surface area contributed by atoms with Crippen molar-refractivity contribution in [1.29, 1.82) is 0 Å². The van der Waals surface area contributed by atoms with E-state index in [2.05, 4.69) is 0 Å². The summed E-state index contributed by atoms with van der Waals surface area (Å²) in [6.07, 6.45) is 0. The molecule has 0 saturated heterocycles. The number of aliphatic hydroxyl groups is 1. The van der Waals surface area contributed by atoms with E-state index in [-0.39, 0.29) is 12.4 Å². The fourth-order valence-corrected chi connectivity index (χ4v) is 0.962. The van der Waals surface area contributed by atoms with E-state index < -0.39 is 0 Å². The molecule has 0 unspecified atom stereocenters. The summed E-state index contributed by atoms with van der Waals surface area (Å²) in [6, 6.07) is 3.12. The van der Waals surface area contributed by atoms with Gasteiger partial charge in [0.25, 0.3) is 0 Å². The van der Waals surface area contributed by atoms with Gasteiger partial charge in [-0.15, -0.1) is 0 Å². The lowest BCUT2D eigenvalue weighted by Gasteiger charge is -2.03. The molecule has 0 atom stereocenters. The summed E-state index contributed by atoms with van der Waals surface area (Å²) < 4.78 is 12.9. The van der Waals surface area contributed by atoms with Crippen LogP contribution in [0.2, 0.25) is 0 Å². The maximum absolute atomic E-state index is 12.9. The second-order valence-corrected chi connectivity index (χ2v) is 2.69. The summed E-state index contributed by atoms with van der Waals surface area (Å²) in [4.78, 5) is 0. The van der Waals surface area contributed by atoms with Crippen LogP contribution >= 0.6 is 0 Å². The molecule has 1 aromatic rings. The highest BCUT2D eigenvalue weighted by molar-refractivity contribution is 5.30. The molecule has 0 bridgehead atoms. The first-order chi connectivity index (χ1) is 5.15. The number of hydrogen-bond donors (Lipinski definition) is 1. The Morgan fingerprint density at radius 3 is 2.36 bits per heavy atom. The smallest absolute Gasteiger partial charge is 0.128 e. The Balaban J connectivity index is 3.21. The SMILES string of the molecule is Cc1cc(F)c(CO)cc1C. The molecule has 1 N–H and O–H groups in total. The van der Waals surface area contributed by atoms with Crippen LogP contribution in [0.1, 0.15) is 16.7 Å². The van der Waals surface area contributed by atoms with Gasteiger partial charge in [-0.3, -0.25) is 0 Å². The second-order valence-electron chi connectivity index (χ2n) is 2.69. The van der Waals surface area contributed by atoms with Crippen molar-refractivity contribution in [3.05, 3.63) is 34.6 Å². The molecular formula is C9H11FO. The summed E-state index contributed by atoms with van der Waals surface area (Å²) >= 11 is 0. The van der Waals surface area contributed by atoms with Crippen molar-refractivity contribution in [1.82, 2.24) is 0 Å². The predicted octanol–water partition coefficient (Wildman–Crippen LogP) is 1.93. The average Bonchev–Trinajstić information content (AvgIpc) is 1.97. The van der Waals surface area contributed by atoms with Crippen molar-refractivity contribution in [2.75, 3.05) is 0 Å². The maximum Gasteiger partial charge on any atom is 0.128 e. The molecule has 1 nitrogen and oxygen atoms in total. The molecule has 11 heavy (non-hydrogen) atoms. The van der Waals surface area contributed by atoms with Crippen molar-refractivity contribution in [2.45, 2.75) is 20.5 Å². The molecule has 0 aliphatic heterocycles. The van der Waals surface area contributed by atoms with Gasteiger partial charge in [0.05, 0.1) is 6.61 Å². The van der Waals surface area contributed by atoms with Gasteiger partial charge in [0.1, 0.15) is 5.82 Å². The Bertz CT molecular complexity index is 269. The van der Waals surface area contributed by atoms with Crippen molar-refractivity contribution in [3.8, 4) is 0 Å². The molecule has 0 fully saturated rings. The normalized spacial score (nSPS) is 10.2. The van der Waals surface area contributed by atoms with Gasteiger partial charge in [-0.05, 0) is 31.0 Å². The molecular weight excluding hydrogens is 143 g/mol. The minimum Gasteiger partial charge on any atom is -0.392 e. The van der Waals surface area contributed by atoms with Gasteiger partial charge in [-0.1, -0.05) is 6.07 Å². The third-order valence-electron chi connectivity index (χ3n) is 1.83. The first-order valence-electron chi connectivity index (χ1n) is 3.51. The minimum atomic E-state index is -0.324. The molecule has 0 amide bonds. The van der Waals surface area contributed by atoms with E-state index >= 15 is 0 Å². The van der Waals surface area contributed by atoms with Crippen molar-refractivity contribution < 1.29 is 9.50 Å². The zero-order chi connectivity index (χ0) is 8.43. The van der Waals surface area contributed by atoms with Crippen LogP contribution in [0, 0.1) is 19.7 Å². The third-order valence-corrected chi connectivity index (χ3v) is 1.83. The lowest BCUT2D eigenvalue weighted by Crippen LogP contribution is -1.92. The van der Waals surface area contributed by atoms with Crippen LogP contribution in [0.15, 0.2) is 12.1 Å². The van der Waals surface area contributed by atoms with Crippen molar-refractivity contribution >= 4 is 0 Å². The van der Waals surface area contributed by atoms with Crippen LogP contribution in [0.4, 0.5) is 4.39 Å². The molecule has 0 radical (unpaired) electrons. The van der Waals surface area contributed by atoms with Crippen molar-refractivity contribution in [2.24, 2.45) is 0 Å². The van der Waals surface area contributed by atoms with E-state index in [0.717, 1.165) is 11.1 Å². The summed E-state index contributed by atoms with van der Waals surface area (Å²) in [7, 11) is 0. The third kappa shape index (κ3) is 1.57. The van der Waals surface area contributed by atoms with E-state index in [1.807, 2.05) is 13.8 Å². The van der Waals surface area contributed by atoms with Crippen molar-refractivity contribution in [3.63, 3.8) is 0 Å². The molecule has 1 aromatic carbocycles. The Morgan fingerprint density at radius 2 is 1.82 bits per heavy atom. The first-order valence-corrected chi connectivity index (χ1v) is 3.51. The zero-order valence-corrected chi connectivity index (χ0v) is 6.69. The number of hydrogen-bond acceptors (Lipinski definition) is 1. The molecule has 1 rings (SSSR count). The molecule has 0 aliphatic rings. The maximum atomic E-state index is 12.9. The Morgan fingerprint density at radius 1 is 1.27 bits per heavy atom. The molecule has 0 heterocycles. The average molecular weight is 154 g/mol. The summed E-state index contributed by atoms with van der Waals surface area (Å²) in [5, 5.41) is 8.69. The topological polar surface area (TPSA) is 20.2 Å². The number of benzene rings is 1. The largest absolute Gasteiger partial charge is 0.392 e. The van der Waals surface area contributed by atoms with Gasteiger partial charge in [0.2, 0.25) is 0 Å². The van der Waals surface area contributed by atoms with Gasteiger partial charge < -0.3 is 5.11 Å². The number of rotatable bonds is 1. The van der Waals surface area contributed by atoms with Gasteiger partial charge in [-0.25, -0.2) is 4.39 Å². The first kappa shape index (κ1) is 8.21. The van der Waals surface area contributed by atoms with Crippen LogP contribution in [0.3, 0.4) is 0 Å². The minimum absolute atomic E-state index is 0.229. The molecule has 0 saturated carbocycles. The predicted molar refractivity (Wildman–Crippen MR) is 41.8 cm³/mol. The van der Waals surface area contributed by atoms with E-state index in [4.69, 9.17) is 5.11 Å².